The number of methoxy groups -OCH3 is 2. The summed E-state index contributed by atoms with van der Waals surface area (Å²) in [6.07, 6.45) is 2.50. The number of rotatable bonds is 4. The van der Waals surface area contributed by atoms with Crippen LogP contribution in [0, 0.1) is 0 Å². The molecule has 0 bridgehead atoms. The number of benzene rings is 2. The number of hydrogen-bond acceptors (Lipinski definition) is 3. The van der Waals surface area contributed by atoms with Gasteiger partial charge in [-0.25, -0.2) is 0 Å². The Kier molecular flexibility index (Phi) is 4.16. The highest BCUT2D eigenvalue weighted by Crippen LogP contribution is 2.30. The number of ether oxygens (including phenoxy) is 2. The summed E-state index contributed by atoms with van der Waals surface area (Å²) in [6, 6.07) is 13.7. The zero-order chi connectivity index (χ0) is 15.5. The van der Waals surface area contributed by atoms with Crippen molar-refractivity contribution in [2.45, 2.75) is 6.42 Å². The molecule has 112 valence electrons. The van der Waals surface area contributed by atoms with Crippen molar-refractivity contribution in [1.29, 1.82) is 0 Å². The molecule has 0 unspecified atom stereocenters. The fourth-order valence-corrected chi connectivity index (χ4v) is 2.79. The van der Waals surface area contributed by atoms with E-state index >= 15 is 0 Å². The van der Waals surface area contributed by atoms with Gasteiger partial charge in [0.2, 0.25) is 0 Å². The summed E-state index contributed by atoms with van der Waals surface area (Å²) < 4.78 is 10.6. The van der Waals surface area contributed by atoms with Gasteiger partial charge in [-0.05, 0) is 29.8 Å². The van der Waals surface area contributed by atoms with Gasteiger partial charge in [0.05, 0.1) is 19.9 Å². The molecule has 0 fully saturated rings. The van der Waals surface area contributed by atoms with Crippen molar-refractivity contribution >= 4 is 22.4 Å². The third-order valence-electron chi connectivity index (χ3n) is 3.65. The molecule has 0 aliphatic carbocycles. The van der Waals surface area contributed by atoms with Crippen molar-refractivity contribution in [3.63, 3.8) is 0 Å². The van der Waals surface area contributed by atoms with Crippen LogP contribution < -0.4 is 9.47 Å². The topological polar surface area (TPSA) is 31.4 Å². The van der Waals surface area contributed by atoms with Gasteiger partial charge in [-0.1, -0.05) is 29.8 Å². The van der Waals surface area contributed by atoms with Crippen LogP contribution in [0.3, 0.4) is 0 Å². The second-order valence-corrected chi connectivity index (χ2v) is 5.37. The molecule has 3 aromatic rings. The van der Waals surface area contributed by atoms with E-state index in [4.69, 9.17) is 21.1 Å². The molecule has 0 spiro atoms. The van der Waals surface area contributed by atoms with Gasteiger partial charge in [0.15, 0.2) is 11.5 Å². The standard InChI is InChI=1S/C18H16ClNO2/c1-21-17-7-6-12(11-18(17)22-2)10-16-14-4-3-5-15(19)13(14)8-9-20-16/h3-9,11H,10H2,1-2H3. The van der Waals surface area contributed by atoms with Gasteiger partial charge in [-0.3, -0.25) is 4.98 Å². The van der Waals surface area contributed by atoms with Crippen LogP contribution in [0.4, 0.5) is 0 Å². The fourth-order valence-electron chi connectivity index (χ4n) is 2.55. The minimum absolute atomic E-state index is 0.706. The number of nitrogens with zero attached hydrogens (tertiary/aromatic N) is 1. The van der Waals surface area contributed by atoms with Crippen LogP contribution in [0.2, 0.25) is 5.02 Å². The summed E-state index contributed by atoms with van der Waals surface area (Å²) >= 11 is 6.25. The Morgan fingerprint density at radius 2 is 1.77 bits per heavy atom. The third-order valence-corrected chi connectivity index (χ3v) is 3.98. The lowest BCUT2D eigenvalue weighted by Gasteiger charge is -2.10. The number of aromatic nitrogens is 1. The monoisotopic (exact) mass is 313 g/mol. The van der Waals surface area contributed by atoms with E-state index in [-0.39, 0.29) is 0 Å². The maximum Gasteiger partial charge on any atom is 0.160 e. The quantitative estimate of drug-likeness (QED) is 0.711. The molecule has 4 heteroatoms. The summed E-state index contributed by atoms with van der Waals surface area (Å²) in [5.41, 5.74) is 2.10. The molecule has 0 aliphatic rings. The summed E-state index contributed by atoms with van der Waals surface area (Å²) in [7, 11) is 3.27. The van der Waals surface area contributed by atoms with Crippen molar-refractivity contribution in [3.05, 3.63) is 64.9 Å². The van der Waals surface area contributed by atoms with Crippen molar-refractivity contribution in [1.82, 2.24) is 4.98 Å². The van der Waals surface area contributed by atoms with E-state index in [0.29, 0.717) is 6.42 Å². The van der Waals surface area contributed by atoms with Crippen LogP contribution in [-0.4, -0.2) is 19.2 Å². The van der Waals surface area contributed by atoms with E-state index in [1.807, 2.05) is 42.5 Å². The Morgan fingerprint density at radius 3 is 2.55 bits per heavy atom. The van der Waals surface area contributed by atoms with E-state index in [1.165, 1.54) is 0 Å². The van der Waals surface area contributed by atoms with Crippen LogP contribution >= 0.6 is 11.6 Å². The highest BCUT2D eigenvalue weighted by molar-refractivity contribution is 6.35. The molecule has 1 aromatic heterocycles. The summed E-state index contributed by atoms with van der Waals surface area (Å²) in [5, 5.41) is 2.84. The number of hydrogen-bond donors (Lipinski definition) is 0. The van der Waals surface area contributed by atoms with E-state index in [2.05, 4.69) is 4.98 Å². The van der Waals surface area contributed by atoms with E-state index < -0.39 is 0 Å². The summed E-state index contributed by atoms with van der Waals surface area (Å²) in [5.74, 6) is 1.44. The van der Waals surface area contributed by atoms with Gasteiger partial charge in [-0.2, -0.15) is 0 Å². The minimum Gasteiger partial charge on any atom is -0.493 e. The van der Waals surface area contributed by atoms with Crippen LogP contribution in [0.25, 0.3) is 10.8 Å². The first-order valence-corrected chi connectivity index (χ1v) is 7.33. The van der Waals surface area contributed by atoms with Crippen molar-refractivity contribution in [2.24, 2.45) is 0 Å². The third kappa shape index (κ3) is 2.72. The average molecular weight is 314 g/mol. The first-order chi connectivity index (χ1) is 10.7. The Hall–Kier alpha value is -2.26. The Balaban J connectivity index is 2.02. The van der Waals surface area contributed by atoms with E-state index in [1.54, 1.807) is 20.4 Å². The lowest BCUT2D eigenvalue weighted by atomic mass is 10.0. The van der Waals surface area contributed by atoms with Gasteiger partial charge in [-0.15, -0.1) is 0 Å². The largest absolute Gasteiger partial charge is 0.493 e. The molecule has 0 amide bonds. The molecule has 0 saturated carbocycles. The Labute approximate surface area is 134 Å². The molecule has 2 aromatic carbocycles. The lowest BCUT2D eigenvalue weighted by molar-refractivity contribution is 0.354. The van der Waals surface area contributed by atoms with Gasteiger partial charge in [0.25, 0.3) is 0 Å². The summed E-state index contributed by atoms with van der Waals surface area (Å²) in [4.78, 5) is 4.51. The van der Waals surface area contributed by atoms with Gasteiger partial charge in [0, 0.05) is 28.4 Å². The molecule has 22 heavy (non-hydrogen) atoms. The molecule has 0 atom stereocenters. The predicted octanol–water partition coefficient (Wildman–Crippen LogP) is 4.50. The maximum atomic E-state index is 6.25. The summed E-state index contributed by atoms with van der Waals surface area (Å²) in [6.45, 7) is 0. The van der Waals surface area contributed by atoms with Gasteiger partial charge >= 0.3 is 0 Å². The van der Waals surface area contributed by atoms with Gasteiger partial charge < -0.3 is 9.47 Å². The SMILES string of the molecule is COc1ccc(Cc2nccc3c(Cl)cccc23)cc1OC. The zero-order valence-electron chi connectivity index (χ0n) is 12.5. The van der Waals surface area contributed by atoms with Crippen LogP contribution in [-0.2, 0) is 6.42 Å². The first kappa shape index (κ1) is 14.7. The number of pyridine rings is 1. The minimum atomic E-state index is 0.706. The molecule has 0 saturated heterocycles. The first-order valence-electron chi connectivity index (χ1n) is 6.96. The van der Waals surface area contributed by atoms with E-state index in [0.717, 1.165) is 38.6 Å². The number of fused-ring (bicyclic) bond motifs is 1. The highest BCUT2D eigenvalue weighted by Gasteiger charge is 2.09. The maximum absolute atomic E-state index is 6.25. The Bertz CT molecular complexity index is 817. The second kappa shape index (κ2) is 6.24. The van der Waals surface area contributed by atoms with Gasteiger partial charge in [0.1, 0.15) is 0 Å². The predicted molar refractivity (Wildman–Crippen MR) is 89.1 cm³/mol. The Morgan fingerprint density at radius 1 is 0.955 bits per heavy atom. The highest BCUT2D eigenvalue weighted by atomic mass is 35.5. The lowest BCUT2D eigenvalue weighted by Crippen LogP contribution is -1.96. The normalized spacial score (nSPS) is 10.7. The molecule has 0 N–H and O–H groups in total. The van der Waals surface area contributed by atoms with Crippen LogP contribution in [0.15, 0.2) is 48.7 Å². The number of halogens is 1. The molecule has 3 nitrogen and oxygen atoms in total. The van der Waals surface area contributed by atoms with Crippen LogP contribution in [0.1, 0.15) is 11.3 Å². The van der Waals surface area contributed by atoms with Crippen molar-refractivity contribution < 1.29 is 9.47 Å². The van der Waals surface area contributed by atoms with Crippen LogP contribution in [0.5, 0.6) is 11.5 Å². The molecule has 0 aliphatic heterocycles. The molecular weight excluding hydrogens is 298 g/mol. The molecule has 3 rings (SSSR count). The fraction of sp³-hybridized carbons (Fsp3) is 0.167. The van der Waals surface area contributed by atoms with Crippen molar-refractivity contribution in [2.75, 3.05) is 14.2 Å². The smallest absolute Gasteiger partial charge is 0.160 e. The zero-order valence-corrected chi connectivity index (χ0v) is 13.2. The molecule has 1 heterocycles. The average Bonchev–Trinajstić information content (AvgIpc) is 2.55. The molecule has 0 radical (unpaired) electrons. The van der Waals surface area contributed by atoms with Crippen molar-refractivity contribution in [3.8, 4) is 11.5 Å². The second-order valence-electron chi connectivity index (χ2n) is 4.96. The molecular formula is C18H16ClNO2. The van der Waals surface area contributed by atoms with E-state index in [9.17, 15) is 0 Å².